The number of hydrogen-bond donors (Lipinski definition) is 2. The lowest BCUT2D eigenvalue weighted by molar-refractivity contribution is -0.138. The standard InChI is InChI=1S/C18H18F3N5O3S/c19-13-1-4-26(24-13)12(15(20)21)7-14(27)25-5-2-18(29,3-6-25)17-22-11-9-30-8-10(11)16(28)23-17/h1,4,8-9,12,15,29H,2-3,5-7H2,(H,22,23,28). The van der Waals surface area contributed by atoms with Crippen LogP contribution >= 0.6 is 11.3 Å². The zero-order valence-corrected chi connectivity index (χ0v) is 16.4. The van der Waals surface area contributed by atoms with Gasteiger partial charge >= 0.3 is 0 Å². The molecule has 0 radical (unpaired) electrons. The zero-order chi connectivity index (χ0) is 21.5. The van der Waals surface area contributed by atoms with E-state index in [0.29, 0.717) is 10.9 Å². The predicted molar refractivity (Wildman–Crippen MR) is 102 cm³/mol. The Morgan fingerprint density at radius 2 is 2.07 bits per heavy atom. The Balaban J connectivity index is 1.45. The summed E-state index contributed by atoms with van der Waals surface area (Å²) in [4.78, 5) is 33.0. The number of alkyl halides is 2. The van der Waals surface area contributed by atoms with Crippen LogP contribution in [0.15, 0.2) is 27.8 Å². The summed E-state index contributed by atoms with van der Waals surface area (Å²) in [5.74, 6) is -1.32. The lowest BCUT2D eigenvalue weighted by atomic mass is 9.90. The van der Waals surface area contributed by atoms with Crippen molar-refractivity contribution in [2.75, 3.05) is 13.1 Å². The van der Waals surface area contributed by atoms with Crippen molar-refractivity contribution >= 4 is 28.1 Å². The monoisotopic (exact) mass is 441 g/mol. The van der Waals surface area contributed by atoms with Crippen LogP contribution in [-0.4, -0.2) is 55.2 Å². The Hall–Kier alpha value is -2.73. The highest BCUT2D eigenvalue weighted by atomic mass is 32.1. The maximum absolute atomic E-state index is 13.4. The van der Waals surface area contributed by atoms with Gasteiger partial charge in [-0.05, 0) is 0 Å². The number of rotatable bonds is 5. The van der Waals surface area contributed by atoms with Crippen molar-refractivity contribution in [1.29, 1.82) is 0 Å². The molecule has 3 aromatic heterocycles. The molecular formula is C18H18F3N5O3S. The zero-order valence-electron chi connectivity index (χ0n) is 15.6. The van der Waals surface area contributed by atoms with Gasteiger partial charge in [-0.25, -0.2) is 13.8 Å². The van der Waals surface area contributed by atoms with E-state index in [0.717, 1.165) is 16.9 Å². The molecule has 1 unspecified atom stereocenters. The number of fused-ring (bicyclic) bond motifs is 1. The number of carbonyl (C=O) groups excluding carboxylic acids is 1. The molecule has 0 saturated carbocycles. The number of aromatic amines is 1. The maximum Gasteiger partial charge on any atom is 0.261 e. The summed E-state index contributed by atoms with van der Waals surface area (Å²) < 4.78 is 40.6. The molecule has 0 spiro atoms. The van der Waals surface area contributed by atoms with Gasteiger partial charge in [-0.1, -0.05) is 0 Å². The summed E-state index contributed by atoms with van der Waals surface area (Å²) in [6, 6.07) is -0.638. The molecule has 0 bridgehead atoms. The Morgan fingerprint density at radius 3 is 2.70 bits per heavy atom. The molecule has 12 heteroatoms. The van der Waals surface area contributed by atoms with E-state index in [-0.39, 0.29) is 37.3 Å². The number of amides is 1. The number of thiophene rings is 1. The van der Waals surface area contributed by atoms with Gasteiger partial charge < -0.3 is 15.0 Å². The number of aromatic nitrogens is 4. The third-order valence-electron chi connectivity index (χ3n) is 5.32. The lowest BCUT2D eigenvalue weighted by Crippen LogP contribution is -2.47. The summed E-state index contributed by atoms with van der Waals surface area (Å²) in [7, 11) is 0. The highest BCUT2D eigenvalue weighted by Gasteiger charge is 2.39. The molecule has 0 aromatic carbocycles. The van der Waals surface area contributed by atoms with Gasteiger partial charge in [0.05, 0.1) is 17.3 Å². The van der Waals surface area contributed by atoms with Gasteiger partial charge in [0.15, 0.2) is 0 Å². The molecule has 2 N–H and O–H groups in total. The predicted octanol–water partition coefficient (Wildman–Crippen LogP) is 2.03. The van der Waals surface area contributed by atoms with Gasteiger partial charge in [0.25, 0.3) is 12.0 Å². The molecule has 1 saturated heterocycles. The first-order valence-corrected chi connectivity index (χ1v) is 10.2. The molecule has 1 aliphatic rings. The van der Waals surface area contributed by atoms with E-state index in [9.17, 15) is 27.9 Å². The summed E-state index contributed by atoms with van der Waals surface area (Å²) in [5, 5.41) is 18.1. The van der Waals surface area contributed by atoms with Gasteiger partial charge in [-0.2, -0.15) is 4.39 Å². The minimum Gasteiger partial charge on any atom is -0.382 e. The minimum atomic E-state index is -2.90. The average molecular weight is 441 g/mol. The van der Waals surface area contributed by atoms with Crippen LogP contribution in [0.25, 0.3) is 10.9 Å². The van der Waals surface area contributed by atoms with E-state index < -0.39 is 36.3 Å². The van der Waals surface area contributed by atoms with Crippen LogP contribution < -0.4 is 5.56 Å². The van der Waals surface area contributed by atoms with Crippen molar-refractivity contribution in [3.63, 3.8) is 0 Å². The molecule has 30 heavy (non-hydrogen) atoms. The average Bonchev–Trinajstić information content (AvgIpc) is 3.35. The molecule has 3 aromatic rings. The Labute approximate surface area is 172 Å². The minimum absolute atomic E-state index is 0.0903. The van der Waals surface area contributed by atoms with Gasteiger partial charge in [0.1, 0.15) is 17.5 Å². The van der Waals surface area contributed by atoms with Crippen LogP contribution in [-0.2, 0) is 10.4 Å². The van der Waals surface area contributed by atoms with Crippen LogP contribution in [0, 0.1) is 5.95 Å². The molecule has 1 amide bonds. The quantitative estimate of drug-likeness (QED) is 0.631. The van der Waals surface area contributed by atoms with Crippen molar-refractivity contribution in [2.24, 2.45) is 0 Å². The second-order valence-corrected chi connectivity index (χ2v) is 7.97. The number of carbonyl (C=O) groups is 1. The number of aliphatic hydroxyl groups is 1. The van der Waals surface area contributed by atoms with Crippen LogP contribution in [0.2, 0.25) is 0 Å². The van der Waals surface area contributed by atoms with Gasteiger partial charge in [-0.15, -0.1) is 16.4 Å². The number of nitrogens with zero attached hydrogens (tertiary/aromatic N) is 4. The fraction of sp³-hybridized carbons (Fsp3) is 0.444. The molecule has 1 atom stereocenters. The highest BCUT2D eigenvalue weighted by Crippen LogP contribution is 2.32. The van der Waals surface area contributed by atoms with E-state index in [1.807, 2.05) is 0 Å². The summed E-state index contributed by atoms with van der Waals surface area (Å²) in [5.41, 5.74) is -1.30. The SMILES string of the molecule is O=C(CC(C(F)F)n1ccc(F)n1)N1CCC(O)(c2nc3cscc3c(=O)[nH]2)CC1. The molecular weight excluding hydrogens is 423 g/mol. The van der Waals surface area contributed by atoms with Crippen LogP contribution in [0.3, 0.4) is 0 Å². The van der Waals surface area contributed by atoms with Gasteiger partial charge in [-0.3, -0.25) is 14.3 Å². The summed E-state index contributed by atoms with van der Waals surface area (Å²) >= 11 is 1.32. The fourth-order valence-corrected chi connectivity index (χ4v) is 4.30. The smallest absolute Gasteiger partial charge is 0.261 e. The van der Waals surface area contributed by atoms with Crippen molar-refractivity contribution < 1.29 is 23.1 Å². The Bertz CT molecular complexity index is 1120. The van der Waals surface area contributed by atoms with Crippen molar-refractivity contribution in [1.82, 2.24) is 24.6 Å². The third-order valence-corrected chi connectivity index (χ3v) is 6.06. The largest absolute Gasteiger partial charge is 0.382 e. The van der Waals surface area contributed by atoms with Gasteiger partial charge in [0, 0.05) is 49.0 Å². The second kappa shape index (κ2) is 7.84. The highest BCUT2D eigenvalue weighted by molar-refractivity contribution is 7.09. The van der Waals surface area contributed by atoms with E-state index in [2.05, 4.69) is 15.1 Å². The van der Waals surface area contributed by atoms with Crippen LogP contribution in [0.1, 0.15) is 31.1 Å². The van der Waals surface area contributed by atoms with E-state index >= 15 is 0 Å². The number of piperidine rings is 1. The van der Waals surface area contributed by atoms with E-state index in [4.69, 9.17) is 0 Å². The summed E-state index contributed by atoms with van der Waals surface area (Å²) in [6.07, 6.45) is -2.20. The number of nitrogens with one attached hydrogen (secondary N) is 1. The van der Waals surface area contributed by atoms with Crippen LogP contribution in [0.5, 0.6) is 0 Å². The van der Waals surface area contributed by atoms with Crippen molar-refractivity contribution in [2.45, 2.75) is 37.3 Å². The first-order valence-electron chi connectivity index (χ1n) is 9.22. The maximum atomic E-state index is 13.4. The van der Waals surface area contributed by atoms with E-state index in [1.165, 1.54) is 16.2 Å². The first kappa shape index (κ1) is 20.5. The van der Waals surface area contributed by atoms with E-state index in [1.54, 1.807) is 10.8 Å². The van der Waals surface area contributed by atoms with Gasteiger partial charge in [0.2, 0.25) is 11.9 Å². The molecule has 0 aliphatic carbocycles. The number of hydrogen-bond acceptors (Lipinski definition) is 6. The molecule has 1 aliphatic heterocycles. The molecule has 4 heterocycles. The van der Waals surface area contributed by atoms with Crippen molar-refractivity contribution in [3.8, 4) is 0 Å². The topological polar surface area (TPSA) is 104 Å². The summed E-state index contributed by atoms with van der Waals surface area (Å²) in [6.45, 7) is 0.203. The Morgan fingerprint density at radius 1 is 1.33 bits per heavy atom. The lowest BCUT2D eigenvalue weighted by Gasteiger charge is -2.37. The Kier molecular flexibility index (Phi) is 5.36. The first-order chi connectivity index (χ1) is 14.3. The molecule has 160 valence electrons. The molecule has 4 rings (SSSR count). The third kappa shape index (κ3) is 3.84. The van der Waals surface area contributed by atoms with Crippen LogP contribution in [0.4, 0.5) is 13.2 Å². The van der Waals surface area contributed by atoms with Crippen molar-refractivity contribution in [3.05, 3.63) is 45.1 Å². The number of likely N-dealkylation sites (tertiary alicyclic amines) is 1. The number of halogens is 3. The molecule has 8 nitrogen and oxygen atoms in total. The normalized spacial score (nSPS) is 17.6. The fourth-order valence-electron chi connectivity index (χ4n) is 3.56. The second-order valence-electron chi connectivity index (χ2n) is 7.22. The molecule has 1 fully saturated rings. The number of H-pyrrole nitrogens is 1.